The predicted octanol–water partition coefficient (Wildman–Crippen LogP) is 12.2. The summed E-state index contributed by atoms with van der Waals surface area (Å²) in [6, 6.07) is 13.8. The number of nitrogens with zero attached hydrogens (tertiary/aromatic N) is 1. The zero-order valence-electron chi connectivity index (χ0n) is 34.3. The van der Waals surface area contributed by atoms with Gasteiger partial charge in [-0.3, -0.25) is 0 Å². The van der Waals surface area contributed by atoms with E-state index >= 15 is 0 Å². The van der Waals surface area contributed by atoms with Crippen LogP contribution in [0.2, 0.25) is 0 Å². The maximum atomic E-state index is 6.50. The Morgan fingerprint density at radius 3 is 1.34 bits per heavy atom. The van der Waals surface area contributed by atoms with Crippen molar-refractivity contribution >= 4 is 88.4 Å². The Labute approximate surface area is 327 Å². The molecule has 1 unspecified atom stereocenters. The highest BCUT2D eigenvalue weighted by molar-refractivity contribution is 7.33. The highest BCUT2D eigenvalue weighted by atomic mass is 32.1. The van der Waals surface area contributed by atoms with Gasteiger partial charge in [0.15, 0.2) is 0 Å². The number of benzene rings is 2. The van der Waals surface area contributed by atoms with Crippen LogP contribution in [0.4, 0.5) is 0 Å². The molecule has 2 fully saturated rings. The van der Waals surface area contributed by atoms with Crippen LogP contribution in [0, 0.1) is 5.92 Å². The maximum Gasteiger partial charge on any atom is 0.494 e. The van der Waals surface area contributed by atoms with E-state index in [1.807, 2.05) is 22.7 Å². The lowest BCUT2D eigenvalue weighted by molar-refractivity contribution is 0.00578. The average molecular weight is 756 g/mol. The Bertz CT molecular complexity index is 1900. The third-order valence-electron chi connectivity index (χ3n) is 13.0. The minimum absolute atomic E-state index is 0.365. The normalized spacial score (nSPS) is 19.9. The molecule has 0 spiro atoms. The van der Waals surface area contributed by atoms with Gasteiger partial charge in [0, 0.05) is 26.7 Å². The highest BCUT2D eigenvalue weighted by Gasteiger charge is 2.53. The van der Waals surface area contributed by atoms with Gasteiger partial charge in [0.25, 0.3) is 0 Å². The Kier molecular flexibility index (Phi) is 11.3. The van der Waals surface area contributed by atoms with E-state index in [0.29, 0.717) is 5.92 Å². The second-order valence-electron chi connectivity index (χ2n) is 18.1. The Morgan fingerprint density at radius 2 is 0.925 bits per heavy atom. The van der Waals surface area contributed by atoms with Crippen molar-refractivity contribution in [3.63, 3.8) is 0 Å². The number of hydrogen-bond acceptors (Lipinski definition) is 6. The molecular weight excluding hydrogens is 692 g/mol. The van der Waals surface area contributed by atoms with Gasteiger partial charge in [-0.05, 0) is 97.2 Å². The van der Waals surface area contributed by atoms with Crippen molar-refractivity contribution in [2.45, 2.75) is 175 Å². The van der Waals surface area contributed by atoms with Crippen LogP contribution in [-0.2, 0) is 25.2 Å². The van der Waals surface area contributed by atoms with Crippen molar-refractivity contribution in [3.8, 4) is 0 Å². The fraction of sp³-hybridized carbons (Fsp3) is 0.636. The molecule has 2 aliphatic rings. The fourth-order valence-electron chi connectivity index (χ4n) is 8.25. The first-order valence-corrected chi connectivity index (χ1v) is 22.4. The first-order valence-electron chi connectivity index (χ1n) is 20.8. The van der Waals surface area contributed by atoms with E-state index in [9.17, 15) is 0 Å². The minimum Gasteiger partial charge on any atom is -0.399 e. The number of fused-ring (bicyclic) bond motifs is 7. The van der Waals surface area contributed by atoms with E-state index in [1.54, 1.807) is 0 Å². The third kappa shape index (κ3) is 7.54. The number of thiophene rings is 2. The van der Waals surface area contributed by atoms with Gasteiger partial charge in [-0.1, -0.05) is 102 Å². The zero-order valence-corrected chi connectivity index (χ0v) is 35.9. The smallest absolute Gasteiger partial charge is 0.399 e. The summed E-state index contributed by atoms with van der Waals surface area (Å²) in [5.41, 5.74) is 3.55. The molecule has 0 radical (unpaired) electrons. The summed E-state index contributed by atoms with van der Waals surface area (Å²) >= 11 is 3.88. The van der Waals surface area contributed by atoms with E-state index < -0.39 is 0 Å². The van der Waals surface area contributed by atoms with Crippen LogP contribution >= 0.6 is 22.7 Å². The summed E-state index contributed by atoms with van der Waals surface area (Å²) in [7, 11) is -0.730. The van der Waals surface area contributed by atoms with Crippen LogP contribution in [0.25, 0.3) is 40.6 Å². The van der Waals surface area contributed by atoms with E-state index in [2.05, 4.69) is 110 Å². The van der Waals surface area contributed by atoms with E-state index in [4.69, 9.17) is 18.6 Å². The van der Waals surface area contributed by atoms with Crippen molar-refractivity contribution in [1.29, 1.82) is 0 Å². The molecular formula is C44H63B2NO4S2. The largest absolute Gasteiger partial charge is 0.494 e. The number of unbranched alkanes of at least 4 members (excludes halogenated alkanes) is 8. The van der Waals surface area contributed by atoms with Crippen LogP contribution in [-0.4, -0.2) is 41.2 Å². The molecule has 2 saturated heterocycles. The molecule has 2 aromatic carbocycles. The lowest BCUT2D eigenvalue weighted by Gasteiger charge is -2.32. The van der Waals surface area contributed by atoms with Crippen molar-refractivity contribution in [1.82, 2.24) is 4.57 Å². The van der Waals surface area contributed by atoms with Crippen molar-refractivity contribution in [3.05, 3.63) is 36.4 Å². The molecule has 5 heterocycles. The lowest BCUT2D eigenvalue weighted by atomic mass is 9.79. The van der Waals surface area contributed by atoms with Gasteiger partial charge in [-0.15, -0.1) is 22.7 Å². The number of aromatic nitrogens is 1. The maximum absolute atomic E-state index is 6.50. The van der Waals surface area contributed by atoms with Gasteiger partial charge in [-0.25, -0.2) is 0 Å². The lowest BCUT2D eigenvalue weighted by Crippen LogP contribution is -2.41. The summed E-state index contributed by atoms with van der Waals surface area (Å²) in [6.45, 7) is 22.8. The molecule has 2 aliphatic heterocycles. The fourth-order valence-corrected chi connectivity index (χ4v) is 10.9. The Morgan fingerprint density at radius 1 is 0.547 bits per heavy atom. The number of hydrogen-bond donors (Lipinski definition) is 0. The van der Waals surface area contributed by atoms with Crippen molar-refractivity contribution in [2.24, 2.45) is 5.92 Å². The first kappa shape index (κ1) is 39.4. The molecule has 0 saturated carbocycles. The average Bonchev–Trinajstić information content (AvgIpc) is 3.84. The van der Waals surface area contributed by atoms with Gasteiger partial charge < -0.3 is 23.2 Å². The number of rotatable bonds is 16. The second kappa shape index (κ2) is 15.2. The molecule has 0 aliphatic carbocycles. The van der Waals surface area contributed by atoms with Gasteiger partial charge in [0.05, 0.1) is 42.8 Å². The molecule has 1 atom stereocenters. The predicted molar refractivity (Wildman–Crippen MR) is 232 cm³/mol. The summed E-state index contributed by atoms with van der Waals surface area (Å²) < 4.78 is 34.2. The topological polar surface area (TPSA) is 41.9 Å². The first-order chi connectivity index (χ1) is 25.2. The molecule has 7 rings (SSSR count). The molecule has 0 amide bonds. The van der Waals surface area contributed by atoms with Crippen molar-refractivity contribution in [2.75, 3.05) is 0 Å². The highest BCUT2D eigenvalue weighted by Crippen LogP contribution is 2.48. The van der Waals surface area contributed by atoms with Gasteiger partial charge in [0.1, 0.15) is 0 Å². The molecule has 5 aromatic rings. The van der Waals surface area contributed by atoms with Crippen LogP contribution in [0.1, 0.15) is 146 Å². The second-order valence-corrected chi connectivity index (χ2v) is 20.2. The molecule has 5 nitrogen and oxygen atoms in total. The van der Waals surface area contributed by atoms with Gasteiger partial charge in [-0.2, -0.15) is 0 Å². The van der Waals surface area contributed by atoms with Crippen LogP contribution in [0.15, 0.2) is 36.4 Å². The molecule has 53 heavy (non-hydrogen) atoms. The molecule has 3 aromatic heterocycles. The molecule has 0 N–H and O–H groups in total. The van der Waals surface area contributed by atoms with Gasteiger partial charge in [0.2, 0.25) is 0 Å². The van der Waals surface area contributed by atoms with Gasteiger partial charge >= 0.3 is 14.2 Å². The third-order valence-corrected chi connectivity index (χ3v) is 15.5. The van der Waals surface area contributed by atoms with Crippen LogP contribution in [0.5, 0.6) is 0 Å². The Balaban J connectivity index is 1.30. The summed E-state index contributed by atoms with van der Waals surface area (Å²) in [6.07, 6.45) is 16.0. The van der Waals surface area contributed by atoms with E-state index in [1.165, 1.54) is 118 Å². The van der Waals surface area contributed by atoms with Crippen LogP contribution < -0.4 is 10.9 Å². The Hall–Kier alpha value is -1.87. The van der Waals surface area contributed by atoms with E-state index in [0.717, 1.165) is 17.5 Å². The summed E-state index contributed by atoms with van der Waals surface area (Å²) in [4.78, 5) is 0. The minimum atomic E-state index is -0.367. The van der Waals surface area contributed by atoms with Crippen molar-refractivity contribution < 1.29 is 18.6 Å². The monoisotopic (exact) mass is 755 g/mol. The molecule has 9 heteroatoms. The standard InChI is InChI=1S/C44H63B2NO4S2/c1-11-13-15-17-18-20-22-30(21-19-16-14-12-2)29-47-37-33-25-23-31(45-48-41(3,4)42(5,6)49-45)27-35(33)52-39(37)40-38(47)34-26-24-32(28-36(34)53-40)46-50-43(7,8)44(9,10)51-46/h23-28,30H,11-22,29H2,1-10H3. The van der Waals surface area contributed by atoms with E-state index in [-0.39, 0.29) is 36.6 Å². The quantitative estimate of drug-likeness (QED) is 0.0743. The molecule has 0 bridgehead atoms. The zero-order chi connectivity index (χ0) is 37.8. The summed E-state index contributed by atoms with van der Waals surface area (Å²) in [5.74, 6) is 0.662. The SMILES string of the molecule is CCCCCCCCC(CCCCCC)Cn1c2c3ccc(B4OC(C)(C)C(C)(C)O4)cc3sc2c2sc3cc(B4OC(C)(C)C(C)(C)O4)ccc3c21. The van der Waals surface area contributed by atoms with Crippen LogP contribution in [0.3, 0.4) is 0 Å². The summed E-state index contributed by atoms with van der Waals surface area (Å²) in [5, 5.41) is 2.69. The molecule has 286 valence electrons.